The van der Waals surface area contributed by atoms with Gasteiger partial charge in [0, 0.05) is 12.2 Å². The lowest BCUT2D eigenvalue weighted by Crippen LogP contribution is -2.39. The molecule has 37 heavy (non-hydrogen) atoms. The smallest absolute Gasteiger partial charge is 0.331 e. The number of hydrogen-bond donors (Lipinski definition) is 3. The largest absolute Gasteiger partial charge is 0.457 e. The van der Waals surface area contributed by atoms with Gasteiger partial charge in [-0.1, -0.05) is 18.2 Å². The van der Waals surface area contributed by atoms with E-state index < -0.39 is 0 Å². The van der Waals surface area contributed by atoms with Gasteiger partial charge in [-0.25, -0.2) is 9.78 Å². The van der Waals surface area contributed by atoms with Crippen LogP contribution in [0.2, 0.25) is 0 Å². The van der Waals surface area contributed by atoms with E-state index in [1.165, 1.54) is 11.3 Å². The molecular weight excluding hydrogens is 488 g/mol. The molecule has 9 heteroatoms. The number of carbonyl (C=O) groups is 2. The SMILES string of the molecule is Cc1cc(Oc2ccccc2)ccc1N1C(=O)Nc2c(C(=O)N[C@H]3CC[C@@H](O)CC3)sc3nccc1c23. The van der Waals surface area contributed by atoms with Gasteiger partial charge in [-0.05, 0) is 74.6 Å². The van der Waals surface area contributed by atoms with Crippen molar-refractivity contribution in [2.75, 3.05) is 10.2 Å². The van der Waals surface area contributed by atoms with Gasteiger partial charge in [-0.15, -0.1) is 11.3 Å². The first-order chi connectivity index (χ1) is 18.0. The zero-order valence-electron chi connectivity index (χ0n) is 20.2. The van der Waals surface area contributed by atoms with Crippen molar-refractivity contribution in [1.29, 1.82) is 0 Å². The molecule has 6 rings (SSSR count). The van der Waals surface area contributed by atoms with Crippen molar-refractivity contribution in [1.82, 2.24) is 10.3 Å². The molecule has 0 bridgehead atoms. The highest BCUT2D eigenvalue weighted by molar-refractivity contribution is 7.21. The van der Waals surface area contributed by atoms with Crippen LogP contribution in [0.25, 0.3) is 10.2 Å². The second kappa shape index (κ2) is 9.49. The van der Waals surface area contributed by atoms with Gasteiger partial charge in [-0.2, -0.15) is 0 Å². The molecule has 2 aromatic heterocycles. The monoisotopic (exact) mass is 514 g/mol. The number of anilines is 3. The minimum absolute atomic E-state index is 0.0100. The molecule has 3 heterocycles. The van der Waals surface area contributed by atoms with E-state index in [0.29, 0.717) is 45.4 Å². The summed E-state index contributed by atoms with van der Waals surface area (Å²) in [6.45, 7) is 1.93. The number of aromatic nitrogens is 1. The zero-order chi connectivity index (χ0) is 25.5. The van der Waals surface area contributed by atoms with Gasteiger partial charge < -0.3 is 20.5 Å². The van der Waals surface area contributed by atoms with Gasteiger partial charge in [-0.3, -0.25) is 9.69 Å². The average molecular weight is 515 g/mol. The predicted octanol–water partition coefficient (Wildman–Crippen LogP) is 6.11. The van der Waals surface area contributed by atoms with Gasteiger partial charge in [0.2, 0.25) is 0 Å². The number of aliphatic hydroxyl groups is 1. The molecule has 0 atom stereocenters. The van der Waals surface area contributed by atoms with Crippen LogP contribution in [0.5, 0.6) is 11.5 Å². The lowest BCUT2D eigenvalue weighted by atomic mass is 9.93. The molecule has 8 nitrogen and oxygen atoms in total. The summed E-state index contributed by atoms with van der Waals surface area (Å²) in [5, 5.41) is 16.6. The van der Waals surface area contributed by atoms with Crippen LogP contribution in [-0.4, -0.2) is 34.2 Å². The molecule has 3 N–H and O–H groups in total. The topological polar surface area (TPSA) is 104 Å². The number of benzene rings is 2. The number of aryl methyl sites for hydroxylation is 1. The zero-order valence-corrected chi connectivity index (χ0v) is 21.0. The van der Waals surface area contributed by atoms with E-state index in [4.69, 9.17) is 4.74 Å². The van der Waals surface area contributed by atoms with E-state index in [2.05, 4.69) is 15.6 Å². The summed E-state index contributed by atoms with van der Waals surface area (Å²) in [5.74, 6) is 1.19. The van der Waals surface area contributed by atoms with Gasteiger partial charge in [0.25, 0.3) is 5.91 Å². The van der Waals surface area contributed by atoms with E-state index >= 15 is 0 Å². The molecule has 2 aliphatic rings. The van der Waals surface area contributed by atoms with Crippen LogP contribution < -0.4 is 20.3 Å². The molecule has 1 saturated carbocycles. The first-order valence-electron chi connectivity index (χ1n) is 12.3. The van der Waals surface area contributed by atoms with Crippen LogP contribution in [0.1, 0.15) is 40.9 Å². The summed E-state index contributed by atoms with van der Waals surface area (Å²) in [6.07, 6.45) is 4.19. The highest BCUT2D eigenvalue weighted by Crippen LogP contribution is 2.46. The number of hydrogen-bond acceptors (Lipinski definition) is 6. The first-order valence-corrected chi connectivity index (χ1v) is 13.1. The molecule has 2 aromatic carbocycles. The lowest BCUT2D eigenvalue weighted by molar-refractivity contribution is 0.0872. The Bertz CT molecular complexity index is 1500. The van der Waals surface area contributed by atoms with Crippen LogP contribution in [0.15, 0.2) is 60.8 Å². The Hall–Kier alpha value is -3.95. The molecule has 188 valence electrons. The Balaban J connectivity index is 1.32. The first kappa shape index (κ1) is 23.4. The summed E-state index contributed by atoms with van der Waals surface area (Å²) in [5.41, 5.74) is 2.76. The lowest BCUT2D eigenvalue weighted by Gasteiger charge is -2.30. The Morgan fingerprint density at radius 1 is 1.08 bits per heavy atom. The fraction of sp³-hybridized carbons (Fsp3) is 0.250. The second-order valence-corrected chi connectivity index (χ2v) is 10.4. The van der Waals surface area contributed by atoms with Crippen molar-refractivity contribution >= 4 is 50.6 Å². The molecule has 4 aromatic rings. The van der Waals surface area contributed by atoms with Crippen LogP contribution in [0, 0.1) is 6.92 Å². The maximum atomic E-state index is 13.4. The molecule has 0 spiro atoms. The third-order valence-corrected chi connectivity index (χ3v) is 7.97. The second-order valence-electron chi connectivity index (χ2n) is 9.42. The third kappa shape index (κ3) is 4.41. The Morgan fingerprint density at radius 3 is 2.62 bits per heavy atom. The highest BCUT2D eigenvalue weighted by atomic mass is 32.1. The van der Waals surface area contributed by atoms with E-state index in [9.17, 15) is 14.7 Å². The number of nitrogens with one attached hydrogen (secondary N) is 2. The molecule has 3 amide bonds. The van der Waals surface area contributed by atoms with Crippen LogP contribution >= 0.6 is 11.3 Å². The summed E-state index contributed by atoms with van der Waals surface area (Å²) in [4.78, 5) is 33.9. The number of thiophene rings is 1. The van der Waals surface area contributed by atoms with Gasteiger partial charge >= 0.3 is 6.03 Å². The maximum Gasteiger partial charge on any atom is 0.331 e. The number of rotatable bonds is 5. The molecule has 0 radical (unpaired) electrons. The minimum Gasteiger partial charge on any atom is -0.457 e. The van der Waals surface area contributed by atoms with Crippen LogP contribution in [-0.2, 0) is 0 Å². The summed E-state index contributed by atoms with van der Waals surface area (Å²) in [6, 6.07) is 16.6. The number of urea groups is 1. The van der Waals surface area contributed by atoms with Crippen molar-refractivity contribution in [3.8, 4) is 11.5 Å². The normalized spacial score (nSPS) is 19.0. The number of aliphatic hydroxyl groups excluding tert-OH is 1. The minimum atomic E-state index is -0.340. The van der Waals surface area contributed by atoms with Crippen molar-refractivity contribution in [2.24, 2.45) is 0 Å². The number of carbonyl (C=O) groups excluding carboxylic acids is 2. The number of ether oxygens (including phenoxy) is 1. The van der Waals surface area contributed by atoms with E-state index in [1.54, 1.807) is 17.2 Å². The number of para-hydroxylation sites is 1. The van der Waals surface area contributed by atoms with E-state index in [1.807, 2.05) is 55.5 Å². The molecular formula is C28H26N4O4S. The van der Waals surface area contributed by atoms with Gasteiger partial charge in [0.05, 0.1) is 28.6 Å². The van der Waals surface area contributed by atoms with Crippen molar-refractivity contribution in [2.45, 2.75) is 44.8 Å². The molecule has 1 aliphatic carbocycles. The quantitative estimate of drug-likeness (QED) is 0.298. The summed E-state index contributed by atoms with van der Waals surface area (Å²) in [7, 11) is 0. The van der Waals surface area contributed by atoms with Crippen molar-refractivity contribution in [3.63, 3.8) is 0 Å². The van der Waals surface area contributed by atoms with E-state index in [-0.39, 0.29) is 24.1 Å². The fourth-order valence-corrected chi connectivity index (χ4v) is 6.04. The number of amides is 3. The fourth-order valence-electron chi connectivity index (χ4n) is 5.02. The standard InChI is InChI=1S/C28H26N4O4S/c1-16-15-20(36-19-5-3-2-4-6-19)11-12-21(16)32-22-13-14-29-27-23(22)24(31-28(32)35)25(37-27)26(34)30-17-7-9-18(33)10-8-17/h2-6,11-15,17-18,33H,7-10H2,1H3,(H,30,34)(H,31,35)/t17-,18+. The van der Waals surface area contributed by atoms with Crippen LogP contribution in [0.3, 0.4) is 0 Å². The molecule has 0 unspecified atom stereocenters. The van der Waals surface area contributed by atoms with Crippen molar-refractivity contribution < 1.29 is 19.4 Å². The summed E-state index contributed by atoms with van der Waals surface area (Å²) < 4.78 is 5.95. The molecule has 1 aliphatic heterocycles. The van der Waals surface area contributed by atoms with E-state index in [0.717, 1.165) is 29.5 Å². The van der Waals surface area contributed by atoms with Crippen molar-refractivity contribution in [3.05, 3.63) is 71.2 Å². The average Bonchev–Trinajstić information content (AvgIpc) is 3.27. The summed E-state index contributed by atoms with van der Waals surface area (Å²) >= 11 is 1.27. The molecule has 0 saturated heterocycles. The van der Waals surface area contributed by atoms with Crippen LogP contribution in [0.4, 0.5) is 21.9 Å². The highest BCUT2D eigenvalue weighted by Gasteiger charge is 2.34. The third-order valence-electron chi connectivity index (χ3n) is 6.87. The predicted molar refractivity (Wildman–Crippen MR) is 144 cm³/mol. The molecule has 1 fully saturated rings. The maximum absolute atomic E-state index is 13.4. The number of pyridine rings is 1. The number of nitrogens with zero attached hydrogens (tertiary/aromatic N) is 2. The Labute approximate surface area is 217 Å². The Kier molecular flexibility index (Phi) is 6.02. The van der Waals surface area contributed by atoms with Gasteiger partial charge in [0.1, 0.15) is 21.2 Å². The Morgan fingerprint density at radius 2 is 1.86 bits per heavy atom. The van der Waals surface area contributed by atoms with Gasteiger partial charge in [0.15, 0.2) is 0 Å².